The number of piperazine rings is 1. The molecular weight excluding hydrogens is 282 g/mol. The molecule has 1 aromatic rings. The van der Waals surface area contributed by atoms with Crippen LogP contribution in [0.5, 0.6) is 5.75 Å². The molecule has 0 saturated carbocycles. The zero-order chi connectivity index (χ0) is 16.2. The lowest BCUT2D eigenvalue weighted by molar-refractivity contribution is 0.0635. The van der Waals surface area contributed by atoms with Crippen LogP contribution in [0.3, 0.4) is 0 Å². The van der Waals surface area contributed by atoms with E-state index in [0.717, 1.165) is 31.7 Å². The molecule has 1 aromatic carbocycles. The van der Waals surface area contributed by atoms with E-state index in [1.807, 2.05) is 6.07 Å². The number of nitrogens with zero attached hydrogens (tertiary/aromatic N) is 1. The van der Waals surface area contributed by atoms with Crippen molar-refractivity contribution < 1.29 is 14.6 Å². The van der Waals surface area contributed by atoms with E-state index in [1.54, 1.807) is 32.9 Å². The Morgan fingerprint density at radius 3 is 2.68 bits per heavy atom. The number of phenolic OH excluding ortho intramolecular Hbond substituents is 1. The van der Waals surface area contributed by atoms with Crippen LogP contribution >= 0.6 is 0 Å². The summed E-state index contributed by atoms with van der Waals surface area (Å²) >= 11 is 0. The summed E-state index contributed by atoms with van der Waals surface area (Å²) in [7, 11) is 0. The second-order valence-corrected chi connectivity index (χ2v) is 6.46. The van der Waals surface area contributed by atoms with Gasteiger partial charge in [0.25, 0.3) is 0 Å². The molecule has 2 rings (SSSR count). The van der Waals surface area contributed by atoms with Crippen LogP contribution < -0.4 is 10.6 Å². The third-order valence-corrected chi connectivity index (χ3v) is 3.36. The number of hydrogen-bond acceptors (Lipinski definition) is 5. The van der Waals surface area contributed by atoms with Crippen LogP contribution in [0.1, 0.15) is 26.3 Å². The molecule has 122 valence electrons. The molecule has 22 heavy (non-hydrogen) atoms. The largest absolute Gasteiger partial charge is 0.506 e. The first-order chi connectivity index (χ1) is 10.3. The van der Waals surface area contributed by atoms with Crippen LogP contribution in [0.2, 0.25) is 0 Å². The molecule has 0 spiro atoms. The molecule has 1 amide bonds. The number of hydrogen-bond donors (Lipinski definition) is 3. The third-order valence-electron chi connectivity index (χ3n) is 3.36. The maximum absolute atomic E-state index is 12.0. The Balaban J connectivity index is 2.10. The highest BCUT2D eigenvalue weighted by Crippen LogP contribution is 2.29. The number of benzene rings is 1. The molecule has 0 atom stereocenters. The second kappa shape index (κ2) is 6.98. The molecule has 1 heterocycles. The molecule has 1 fully saturated rings. The van der Waals surface area contributed by atoms with Crippen LogP contribution in [0.15, 0.2) is 18.2 Å². The Labute approximate surface area is 131 Å². The van der Waals surface area contributed by atoms with Gasteiger partial charge in [0.1, 0.15) is 11.4 Å². The van der Waals surface area contributed by atoms with E-state index in [4.69, 9.17) is 4.74 Å². The summed E-state index contributed by atoms with van der Waals surface area (Å²) in [6, 6.07) is 5.26. The molecule has 0 unspecified atom stereocenters. The minimum Gasteiger partial charge on any atom is -0.506 e. The monoisotopic (exact) mass is 307 g/mol. The van der Waals surface area contributed by atoms with Gasteiger partial charge in [-0.25, -0.2) is 4.79 Å². The molecule has 0 radical (unpaired) electrons. The van der Waals surface area contributed by atoms with Gasteiger partial charge in [-0.2, -0.15) is 0 Å². The number of para-hydroxylation sites is 1. The Bertz CT molecular complexity index is 520. The summed E-state index contributed by atoms with van der Waals surface area (Å²) < 4.78 is 5.26. The molecule has 1 aliphatic rings. The third kappa shape index (κ3) is 4.89. The van der Waals surface area contributed by atoms with Gasteiger partial charge in [-0.1, -0.05) is 12.1 Å². The number of ether oxygens (including phenoxy) is 1. The lowest BCUT2D eigenvalue weighted by Crippen LogP contribution is -2.43. The zero-order valence-electron chi connectivity index (χ0n) is 13.5. The lowest BCUT2D eigenvalue weighted by Gasteiger charge is -2.28. The van der Waals surface area contributed by atoms with E-state index < -0.39 is 11.7 Å². The van der Waals surface area contributed by atoms with Gasteiger partial charge in [-0.05, 0) is 32.4 Å². The minimum absolute atomic E-state index is 0.0542. The zero-order valence-corrected chi connectivity index (χ0v) is 13.5. The molecule has 6 nitrogen and oxygen atoms in total. The van der Waals surface area contributed by atoms with Gasteiger partial charge < -0.3 is 15.2 Å². The second-order valence-electron chi connectivity index (χ2n) is 6.46. The van der Waals surface area contributed by atoms with E-state index in [1.165, 1.54) is 0 Å². The van der Waals surface area contributed by atoms with Gasteiger partial charge in [-0.3, -0.25) is 10.2 Å². The number of anilines is 1. The highest BCUT2D eigenvalue weighted by molar-refractivity contribution is 5.88. The number of aromatic hydroxyl groups is 1. The normalized spacial score (nSPS) is 16.3. The SMILES string of the molecule is CC(C)(C)OC(=O)Nc1c(O)cccc1CN1CCNCC1. The Morgan fingerprint density at radius 2 is 2.05 bits per heavy atom. The van der Waals surface area contributed by atoms with Gasteiger partial charge >= 0.3 is 6.09 Å². The van der Waals surface area contributed by atoms with Crippen molar-refractivity contribution >= 4 is 11.8 Å². The van der Waals surface area contributed by atoms with Crippen molar-refractivity contribution in [2.24, 2.45) is 0 Å². The topological polar surface area (TPSA) is 73.8 Å². The molecule has 3 N–H and O–H groups in total. The number of carbonyl (C=O) groups excluding carboxylic acids is 1. The van der Waals surface area contributed by atoms with Crippen molar-refractivity contribution in [3.05, 3.63) is 23.8 Å². The van der Waals surface area contributed by atoms with E-state index in [-0.39, 0.29) is 5.75 Å². The smallest absolute Gasteiger partial charge is 0.412 e. The maximum atomic E-state index is 12.0. The highest BCUT2D eigenvalue weighted by atomic mass is 16.6. The fourth-order valence-electron chi connectivity index (χ4n) is 2.38. The molecule has 6 heteroatoms. The van der Waals surface area contributed by atoms with Gasteiger partial charge in [-0.15, -0.1) is 0 Å². The molecule has 0 aliphatic carbocycles. The first-order valence-electron chi connectivity index (χ1n) is 7.59. The van der Waals surface area contributed by atoms with Crippen molar-refractivity contribution in [1.82, 2.24) is 10.2 Å². The average Bonchev–Trinajstić information content (AvgIpc) is 2.42. The minimum atomic E-state index is -0.576. The van der Waals surface area contributed by atoms with Crippen LogP contribution in [0, 0.1) is 0 Å². The van der Waals surface area contributed by atoms with Crippen molar-refractivity contribution in [1.29, 1.82) is 0 Å². The molecule has 1 saturated heterocycles. The van der Waals surface area contributed by atoms with Crippen molar-refractivity contribution in [2.75, 3.05) is 31.5 Å². The Kier molecular flexibility index (Phi) is 5.26. The van der Waals surface area contributed by atoms with Crippen molar-refractivity contribution in [3.63, 3.8) is 0 Å². The summed E-state index contributed by atoms with van der Waals surface area (Å²) in [4.78, 5) is 14.2. The summed E-state index contributed by atoms with van der Waals surface area (Å²) in [6.07, 6.45) is -0.560. The molecule has 1 aliphatic heterocycles. The standard InChI is InChI=1S/C16H25N3O3/c1-16(2,3)22-15(21)18-14-12(5-4-6-13(14)20)11-19-9-7-17-8-10-19/h4-6,17,20H,7-11H2,1-3H3,(H,18,21). The van der Waals surface area contributed by atoms with Gasteiger partial charge in [0.15, 0.2) is 0 Å². The first-order valence-corrected chi connectivity index (χ1v) is 7.59. The predicted octanol–water partition coefficient (Wildman–Crippen LogP) is 2.14. The van der Waals surface area contributed by atoms with Crippen LogP contribution in [-0.2, 0) is 11.3 Å². The predicted molar refractivity (Wildman–Crippen MR) is 86.1 cm³/mol. The molecular formula is C16H25N3O3. The maximum Gasteiger partial charge on any atom is 0.412 e. The highest BCUT2D eigenvalue weighted by Gasteiger charge is 2.20. The first kappa shape index (κ1) is 16.6. The van der Waals surface area contributed by atoms with E-state index in [9.17, 15) is 9.90 Å². The number of rotatable bonds is 3. The quantitative estimate of drug-likeness (QED) is 0.746. The summed E-state index contributed by atoms with van der Waals surface area (Å²) in [5, 5.41) is 16.0. The fourth-order valence-corrected chi connectivity index (χ4v) is 2.38. The fraction of sp³-hybridized carbons (Fsp3) is 0.562. The van der Waals surface area contributed by atoms with E-state index >= 15 is 0 Å². The average molecular weight is 307 g/mol. The van der Waals surface area contributed by atoms with E-state index in [0.29, 0.717) is 12.2 Å². The van der Waals surface area contributed by atoms with E-state index in [2.05, 4.69) is 15.5 Å². The summed E-state index contributed by atoms with van der Waals surface area (Å²) in [6.45, 7) is 9.89. The summed E-state index contributed by atoms with van der Waals surface area (Å²) in [5.41, 5.74) is 0.732. The van der Waals surface area contributed by atoms with Crippen molar-refractivity contribution in [3.8, 4) is 5.75 Å². The number of phenols is 1. The Morgan fingerprint density at radius 1 is 1.36 bits per heavy atom. The van der Waals surface area contributed by atoms with Crippen molar-refractivity contribution in [2.45, 2.75) is 32.9 Å². The van der Waals surface area contributed by atoms with Crippen LogP contribution in [0.25, 0.3) is 0 Å². The van der Waals surface area contributed by atoms with Gasteiger partial charge in [0.2, 0.25) is 0 Å². The lowest BCUT2D eigenvalue weighted by atomic mass is 10.1. The number of nitrogens with one attached hydrogen (secondary N) is 2. The van der Waals surface area contributed by atoms with Gasteiger partial charge in [0, 0.05) is 32.7 Å². The molecule has 0 bridgehead atoms. The molecule has 0 aromatic heterocycles. The number of carbonyl (C=O) groups is 1. The van der Waals surface area contributed by atoms with Crippen LogP contribution in [0.4, 0.5) is 10.5 Å². The summed E-state index contributed by atoms with van der Waals surface area (Å²) in [5.74, 6) is 0.0542. The van der Waals surface area contributed by atoms with Crippen LogP contribution in [-0.4, -0.2) is 47.9 Å². The number of amides is 1. The Hall–Kier alpha value is -1.79. The van der Waals surface area contributed by atoms with Gasteiger partial charge in [0.05, 0.1) is 5.69 Å².